The lowest BCUT2D eigenvalue weighted by atomic mass is 10.2. The monoisotopic (exact) mass is 303 g/mol. The van der Waals surface area contributed by atoms with Gasteiger partial charge in [0, 0.05) is 5.56 Å². The molecule has 0 bridgehead atoms. The molecule has 0 aliphatic rings. The smallest absolute Gasteiger partial charge is 0.161 e. The van der Waals surface area contributed by atoms with Gasteiger partial charge in [-0.1, -0.05) is 17.3 Å². The van der Waals surface area contributed by atoms with E-state index in [0.717, 1.165) is 11.1 Å². The highest BCUT2D eigenvalue weighted by molar-refractivity contribution is 5.80. The van der Waals surface area contributed by atoms with Crippen LogP contribution in [0.4, 0.5) is 4.39 Å². The zero-order valence-corrected chi connectivity index (χ0v) is 12.6. The molecule has 0 aliphatic carbocycles. The van der Waals surface area contributed by atoms with Gasteiger partial charge in [0.05, 0.1) is 19.9 Å². The van der Waals surface area contributed by atoms with Gasteiger partial charge >= 0.3 is 0 Å². The molecule has 2 aromatic carbocycles. The van der Waals surface area contributed by atoms with Crippen LogP contribution in [0, 0.1) is 5.82 Å². The largest absolute Gasteiger partial charge is 0.493 e. The molecular weight excluding hydrogens is 285 g/mol. The van der Waals surface area contributed by atoms with Gasteiger partial charge in [-0.3, -0.25) is 0 Å². The Hall–Kier alpha value is -2.56. The summed E-state index contributed by atoms with van der Waals surface area (Å²) in [5, 5.41) is 3.90. The zero-order chi connectivity index (χ0) is 15.8. The fourth-order valence-electron chi connectivity index (χ4n) is 1.83. The molecular formula is C17H18FNO3. The number of ether oxygens (including phenoxy) is 2. The quantitative estimate of drug-likeness (QED) is 0.577. The third-order valence-electron chi connectivity index (χ3n) is 2.91. The van der Waals surface area contributed by atoms with Crippen molar-refractivity contribution < 1.29 is 18.7 Å². The minimum absolute atomic E-state index is 0.270. The summed E-state index contributed by atoms with van der Waals surface area (Å²) < 4.78 is 23.5. The average Bonchev–Trinajstić information content (AvgIpc) is 2.54. The van der Waals surface area contributed by atoms with E-state index < -0.39 is 0 Å². The number of oxime groups is 1. The van der Waals surface area contributed by atoms with Crippen molar-refractivity contribution >= 4 is 6.21 Å². The standard InChI is InChI=1S/C17H18FNO3/c1-3-21-16-9-6-14(10-17(16)20-2)11-19-22-12-13-4-7-15(18)8-5-13/h4-11H,3,12H2,1-2H3/b19-11+. The highest BCUT2D eigenvalue weighted by Gasteiger charge is 2.04. The molecule has 0 aromatic heterocycles. The summed E-state index contributed by atoms with van der Waals surface area (Å²) >= 11 is 0. The molecule has 5 heteroatoms. The van der Waals surface area contributed by atoms with Gasteiger partial charge in [0.25, 0.3) is 0 Å². The summed E-state index contributed by atoms with van der Waals surface area (Å²) in [4.78, 5) is 5.19. The van der Waals surface area contributed by atoms with Crippen LogP contribution in [-0.2, 0) is 11.4 Å². The van der Waals surface area contributed by atoms with E-state index in [4.69, 9.17) is 14.3 Å². The molecule has 2 rings (SSSR count). The molecule has 2 aromatic rings. The third-order valence-corrected chi connectivity index (χ3v) is 2.91. The molecule has 0 fully saturated rings. The van der Waals surface area contributed by atoms with Crippen molar-refractivity contribution in [3.63, 3.8) is 0 Å². The number of methoxy groups -OCH3 is 1. The fraction of sp³-hybridized carbons (Fsp3) is 0.235. The number of rotatable bonds is 7. The van der Waals surface area contributed by atoms with Gasteiger partial charge in [-0.05, 0) is 42.8 Å². The SMILES string of the molecule is CCOc1ccc(/C=N/OCc2ccc(F)cc2)cc1OC. The Labute approximate surface area is 129 Å². The van der Waals surface area contributed by atoms with E-state index in [1.807, 2.05) is 25.1 Å². The number of nitrogens with zero attached hydrogens (tertiary/aromatic N) is 1. The molecule has 0 amide bonds. The second-order valence-electron chi connectivity index (χ2n) is 4.48. The second kappa shape index (κ2) is 8.02. The Morgan fingerprint density at radius 3 is 2.55 bits per heavy atom. The summed E-state index contributed by atoms with van der Waals surface area (Å²) in [6, 6.07) is 11.6. The molecule has 0 atom stereocenters. The number of hydrogen-bond acceptors (Lipinski definition) is 4. The van der Waals surface area contributed by atoms with Crippen molar-refractivity contribution in [3.8, 4) is 11.5 Å². The predicted molar refractivity (Wildman–Crippen MR) is 82.9 cm³/mol. The van der Waals surface area contributed by atoms with Gasteiger partial charge < -0.3 is 14.3 Å². The Balaban J connectivity index is 1.93. The molecule has 0 unspecified atom stereocenters. The predicted octanol–water partition coefficient (Wildman–Crippen LogP) is 3.78. The van der Waals surface area contributed by atoms with Gasteiger partial charge in [-0.25, -0.2) is 4.39 Å². The molecule has 0 saturated heterocycles. The minimum atomic E-state index is -0.270. The highest BCUT2D eigenvalue weighted by Crippen LogP contribution is 2.27. The molecule has 4 nitrogen and oxygen atoms in total. The summed E-state index contributed by atoms with van der Waals surface area (Å²) in [7, 11) is 1.59. The van der Waals surface area contributed by atoms with Crippen molar-refractivity contribution in [2.45, 2.75) is 13.5 Å². The Morgan fingerprint density at radius 1 is 1.09 bits per heavy atom. The Kier molecular flexibility index (Phi) is 5.77. The first-order valence-corrected chi connectivity index (χ1v) is 6.93. The van der Waals surface area contributed by atoms with Crippen LogP contribution in [-0.4, -0.2) is 19.9 Å². The molecule has 0 heterocycles. The van der Waals surface area contributed by atoms with Gasteiger partial charge in [-0.15, -0.1) is 0 Å². The maximum absolute atomic E-state index is 12.8. The maximum atomic E-state index is 12.8. The van der Waals surface area contributed by atoms with Gasteiger partial charge in [0.1, 0.15) is 12.4 Å². The lowest BCUT2D eigenvalue weighted by molar-refractivity contribution is 0.132. The van der Waals surface area contributed by atoms with E-state index in [2.05, 4.69) is 5.16 Å². The Morgan fingerprint density at radius 2 is 1.86 bits per heavy atom. The van der Waals surface area contributed by atoms with Gasteiger partial charge in [0.15, 0.2) is 11.5 Å². The molecule has 0 N–H and O–H groups in total. The lowest BCUT2D eigenvalue weighted by Gasteiger charge is -2.09. The van der Waals surface area contributed by atoms with Crippen molar-refractivity contribution in [3.05, 3.63) is 59.4 Å². The maximum Gasteiger partial charge on any atom is 0.161 e. The van der Waals surface area contributed by atoms with Crippen molar-refractivity contribution in [2.75, 3.05) is 13.7 Å². The van der Waals surface area contributed by atoms with Crippen LogP contribution in [0.5, 0.6) is 11.5 Å². The van der Waals surface area contributed by atoms with Crippen LogP contribution in [0.2, 0.25) is 0 Å². The van der Waals surface area contributed by atoms with E-state index in [0.29, 0.717) is 18.1 Å². The molecule has 0 radical (unpaired) electrons. The van der Waals surface area contributed by atoms with Gasteiger partial charge in [0.2, 0.25) is 0 Å². The van der Waals surface area contributed by atoms with Crippen molar-refractivity contribution in [2.24, 2.45) is 5.16 Å². The van der Waals surface area contributed by atoms with Crippen LogP contribution in [0.15, 0.2) is 47.6 Å². The van der Waals surface area contributed by atoms with Crippen molar-refractivity contribution in [1.82, 2.24) is 0 Å². The third kappa shape index (κ3) is 4.48. The van der Waals surface area contributed by atoms with E-state index in [1.165, 1.54) is 12.1 Å². The zero-order valence-electron chi connectivity index (χ0n) is 12.6. The van der Waals surface area contributed by atoms with Crippen molar-refractivity contribution in [1.29, 1.82) is 0 Å². The van der Waals surface area contributed by atoms with E-state index in [9.17, 15) is 4.39 Å². The summed E-state index contributed by atoms with van der Waals surface area (Å²) in [5.74, 6) is 1.06. The molecule has 0 saturated carbocycles. The fourth-order valence-corrected chi connectivity index (χ4v) is 1.83. The first-order valence-electron chi connectivity index (χ1n) is 6.93. The van der Waals surface area contributed by atoms with E-state index in [-0.39, 0.29) is 12.4 Å². The van der Waals surface area contributed by atoms with Gasteiger partial charge in [-0.2, -0.15) is 0 Å². The molecule has 0 aliphatic heterocycles. The molecule has 22 heavy (non-hydrogen) atoms. The van der Waals surface area contributed by atoms with E-state index in [1.54, 1.807) is 25.5 Å². The lowest BCUT2D eigenvalue weighted by Crippen LogP contribution is -1.96. The van der Waals surface area contributed by atoms with Crippen LogP contribution in [0.1, 0.15) is 18.1 Å². The molecule has 116 valence electrons. The first kappa shape index (κ1) is 15.8. The minimum Gasteiger partial charge on any atom is -0.493 e. The second-order valence-corrected chi connectivity index (χ2v) is 4.48. The Bertz CT molecular complexity index is 626. The van der Waals surface area contributed by atoms with Crippen LogP contribution in [0.25, 0.3) is 0 Å². The summed E-state index contributed by atoms with van der Waals surface area (Å²) in [6.45, 7) is 2.77. The number of hydrogen-bond donors (Lipinski definition) is 0. The van der Waals surface area contributed by atoms with Crippen LogP contribution < -0.4 is 9.47 Å². The summed E-state index contributed by atoms with van der Waals surface area (Å²) in [6.07, 6.45) is 1.59. The molecule has 0 spiro atoms. The topological polar surface area (TPSA) is 40.0 Å². The highest BCUT2D eigenvalue weighted by atomic mass is 19.1. The number of benzene rings is 2. The van der Waals surface area contributed by atoms with Crippen LogP contribution in [0.3, 0.4) is 0 Å². The summed E-state index contributed by atoms with van der Waals surface area (Å²) in [5.41, 5.74) is 1.68. The number of halogens is 1. The first-order chi connectivity index (χ1) is 10.7. The normalized spacial score (nSPS) is 10.7. The average molecular weight is 303 g/mol. The van der Waals surface area contributed by atoms with E-state index >= 15 is 0 Å². The van der Waals surface area contributed by atoms with Crippen LogP contribution >= 0.6 is 0 Å².